The standard InChI is InChI=1S/C15H18BrN3O/c1-10(2)15-18-13(16)7-14(19-15)17-8-11-3-5-12(9-20)6-4-11/h3-7,10,20H,8-9H2,1-2H3,(H,17,18,19). The Balaban J connectivity index is 2.06. The minimum absolute atomic E-state index is 0.0737. The van der Waals surface area contributed by atoms with Crippen LogP contribution in [0.1, 0.15) is 36.7 Å². The van der Waals surface area contributed by atoms with Crippen molar-refractivity contribution in [1.29, 1.82) is 0 Å². The Morgan fingerprint density at radius 1 is 1.15 bits per heavy atom. The fourth-order valence-electron chi connectivity index (χ4n) is 1.74. The Labute approximate surface area is 127 Å². The van der Waals surface area contributed by atoms with Crippen molar-refractivity contribution in [3.8, 4) is 0 Å². The topological polar surface area (TPSA) is 58.0 Å². The molecule has 0 radical (unpaired) electrons. The molecule has 5 heteroatoms. The highest BCUT2D eigenvalue weighted by molar-refractivity contribution is 9.10. The average molecular weight is 336 g/mol. The molecule has 0 atom stereocenters. The van der Waals surface area contributed by atoms with Gasteiger partial charge in [-0.05, 0) is 27.1 Å². The summed E-state index contributed by atoms with van der Waals surface area (Å²) in [5.41, 5.74) is 2.06. The fourth-order valence-corrected chi connectivity index (χ4v) is 2.14. The van der Waals surface area contributed by atoms with Gasteiger partial charge in [-0.2, -0.15) is 0 Å². The molecule has 4 nitrogen and oxygen atoms in total. The van der Waals surface area contributed by atoms with E-state index in [9.17, 15) is 0 Å². The maximum Gasteiger partial charge on any atom is 0.134 e. The summed E-state index contributed by atoms with van der Waals surface area (Å²) < 4.78 is 0.786. The zero-order valence-electron chi connectivity index (χ0n) is 11.6. The van der Waals surface area contributed by atoms with E-state index in [4.69, 9.17) is 5.11 Å². The highest BCUT2D eigenvalue weighted by Gasteiger charge is 2.06. The number of benzene rings is 1. The van der Waals surface area contributed by atoms with Gasteiger partial charge in [-0.3, -0.25) is 0 Å². The minimum Gasteiger partial charge on any atom is -0.392 e. The summed E-state index contributed by atoms with van der Waals surface area (Å²) in [6.07, 6.45) is 0. The van der Waals surface area contributed by atoms with E-state index in [2.05, 4.69) is 45.1 Å². The van der Waals surface area contributed by atoms with E-state index in [1.54, 1.807) is 0 Å². The molecule has 2 aromatic rings. The highest BCUT2D eigenvalue weighted by Crippen LogP contribution is 2.18. The van der Waals surface area contributed by atoms with Gasteiger partial charge < -0.3 is 10.4 Å². The van der Waals surface area contributed by atoms with Gasteiger partial charge in [-0.25, -0.2) is 9.97 Å². The molecule has 0 saturated heterocycles. The number of halogens is 1. The van der Waals surface area contributed by atoms with E-state index in [1.807, 2.05) is 30.3 Å². The molecule has 0 aliphatic rings. The lowest BCUT2D eigenvalue weighted by atomic mass is 10.1. The molecule has 106 valence electrons. The number of hydrogen-bond acceptors (Lipinski definition) is 4. The molecule has 0 saturated carbocycles. The van der Waals surface area contributed by atoms with Crippen LogP contribution >= 0.6 is 15.9 Å². The molecule has 0 spiro atoms. The van der Waals surface area contributed by atoms with Crippen LogP contribution in [-0.2, 0) is 13.2 Å². The van der Waals surface area contributed by atoms with E-state index in [1.165, 1.54) is 0 Å². The van der Waals surface area contributed by atoms with Crippen LogP contribution in [-0.4, -0.2) is 15.1 Å². The number of aromatic nitrogens is 2. The molecule has 20 heavy (non-hydrogen) atoms. The Hall–Kier alpha value is -1.46. The number of anilines is 1. The molecular formula is C15H18BrN3O. The Morgan fingerprint density at radius 3 is 2.40 bits per heavy atom. The van der Waals surface area contributed by atoms with Crippen LogP contribution in [0.2, 0.25) is 0 Å². The second-order valence-electron chi connectivity index (χ2n) is 4.92. The zero-order valence-corrected chi connectivity index (χ0v) is 13.2. The lowest BCUT2D eigenvalue weighted by Crippen LogP contribution is -2.05. The van der Waals surface area contributed by atoms with Crippen molar-refractivity contribution in [2.24, 2.45) is 0 Å². The van der Waals surface area contributed by atoms with Gasteiger partial charge >= 0.3 is 0 Å². The third kappa shape index (κ3) is 4.02. The van der Waals surface area contributed by atoms with Crippen LogP contribution in [0.3, 0.4) is 0 Å². The van der Waals surface area contributed by atoms with Crippen LogP contribution in [0.5, 0.6) is 0 Å². The zero-order chi connectivity index (χ0) is 14.5. The molecule has 0 bridgehead atoms. The summed E-state index contributed by atoms with van der Waals surface area (Å²) in [6, 6.07) is 9.71. The van der Waals surface area contributed by atoms with Gasteiger partial charge in [0.15, 0.2) is 0 Å². The van der Waals surface area contributed by atoms with Crippen LogP contribution in [0, 0.1) is 0 Å². The normalized spacial score (nSPS) is 10.8. The van der Waals surface area contributed by atoms with Crippen molar-refractivity contribution in [3.05, 3.63) is 51.9 Å². The molecule has 0 amide bonds. The van der Waals surface area contributed by atoms with Crippen molar-refractivity contribution in [3.63, 3.8) is 0 Å². The molecule has 0 aliphatic heterocycles. The summed E-state index contributed by atoms with van der Waals surface area (Å²) in [4.78, 5) is 8.84. The SMILES string of the molecule is CC(C)c1nc(Br)cc(NCc2ccc(CO)cc2)n1. The van der Waals surface area contributed by atoms with Gasteiger partial charge in [-0.1, -0.05) is 38.1 Å². The van der Waals surface area contributed by atoms with Crippen molar-refractivity contribution in [2.75, 3.05) is 5.32 Å². The Morgan fingerprint density at radius 2 is 1.80 bits per heavy atom. The number of hydrogen-bond donors (Lipinski definition) is 2. The second-order valence-corrected chi connectivity index (χ2v) is 5.73. The molecular weight excluding hydrogens is 318 g/mol. The van der Waals surface area contributed by atoms with Gasteiger partial charge in [0.05, 0.1) is 6.61 Å². The van der Waals surface area contributed by atoms with Gasteiger partial charge in [0.1, 0.15) is 16.2 Å². The smallest absolute Gasteiger partial charge is 0.134 e. The molecule has 2 rings (SSSR count). The van der Waals surface area contributed by atoms with Gasteiger partial charge in [0.2, 0.25) is 0 Å². The Kier molecular flexibility index (Phi) is 5.09. The summed E-state index contributed by atoms with van der Waals surface area (Å²) >= 11 is 3.41. The summed E-state index contributed by atoms with van der Waals surface area (Å²) in [5, 5.41) is 12.3. The van der Waals surface area contributed by atoms with Crippen LogP contribution in [0.4, 0.5) is 5.82 Å². The van der Waals surface area contributed by atoms with Crippen LogP contribution < -0.4 is 5.32 Å². The quantitative estimate of drug-likeness (QED) is 0.821. The first-order valence-electron chi connectivity index (χ1n) is 6.55. The number of nitrogens with one attached hydrogen (secondary N) is 1. The summed E-state index contributed by atoms with van der Waals surface area (Å²) in [6.45, 7) is 4.90. The third-order valence-corrected chi connectivity index (χ3v) is 3.31. The Bertz CT molecular complexity index is 570. The average Bonchev–Trinajstić information content (AvgIpc) is 2.45. The summed E-state index contributed by atoms with van der Waals surface area (Å²) in [7, 11) is 0. The molecule has 1 aromatic carbocycles. The van der Waals surface area contributed by atoms with E-state index in [-0.39, 0.29) is 12.5 Å². The van der Waals surface area contributed by atoms with Crippen molar-refractivity contribution in [2.45, 2.75) is 32.9 Å². The van der Waals surface area contributed by atoms with E-state index in [0.29, 0.717) is 6.54 Å². The predicted octanol–water partition coefficient (Wildman–Crippen LogP) is 3.47. The van der Waals surface area contributed by atoms with Gasteiger partial charge in [-0.15, -0.1) is 0 Å². The fraction of sp³-hybridized carbons (Fsp3) is 0.333. The van der Waals surface area contributed by atoms with Gasteiger partial charge in [0, 0.05) is 18.5 Å². The van der Waals surface area contributed by atoms with Gasteiger partial charge in [0.25, 0.3) is 0 Å². The molecule has 0 unspecified atom stereocenters. The molecule has 0 fully saturated rings. The lowest BCUT2D eigenvalue weighted by Gasteiger charge is -2.10. The van der Waals surface area contributed by atoms with Crippen molar-refractivity contribution < 1.29 is 5.11 Å². The third-order valence-electron chi connectivity index (χ3n) is 2.91. The van der Waals surface area contributed by atoms with E-state index >= 15 is 0 Å². The minimum atomic E-state index is 0.0737. The molecule has 2 N–H and O–H groups in total. The number of aliphatic hydroxyl groups excluding tert-OH is 1. The first-order valence-corrected chi connectivity index (χ1v) is 7.35. The molecule has 0 aliphatic carbocycles. The summed E-state index contributed by atoms with van der Waals surface area (Å²) in [5.74, 6) is 1.91. The highest BCUT2D eigenvalue weighted by atomic mass is 79.9. The number of nitrogens with zero attached hydrogens (tertiary/aromatic N) is 2. The maximum absolute atomic E-state index is 9.01. The lowest BCUT2D eigenvalue weighted by molar-refractivity contribution is 0.282. The molecule has 1 heterocycles. The number of aliphatic hydroxyl groups is 1. The van der Waals surface area contributed by atoms with Crippen LogP contribution in [0.15, 0.2) is 34.9 Å². The van der Waals surface area contributed by atoms with Crippen molar-refractivity contribution >= 4 is 21.7 Å². The van der Waals surface area contributed by atoms with Crippen molar-refractivity contribution in [1.82, 2.24) is 9.97 Å². The molecule has 1 aromatic heterocycles. The second kappa shape index (κ2) is 6.81. The first kappa shape index (κ1) is 14.9. The van der Waals surface area contributed by atoms with Crippen LogP contribution in [0.25, 0.3) is 0 Å². The largest absolute Gasteiger partial charge is 0.392 e. The van der Waals surface area contributed by atoms with E-state index < -0.39 is 0 Å². The van der Waals surface area contributed by atoms with E-state index in [0.717, 1.165) is 27.4 Å². The monoisotopic (exact) mass is 335 g/mol. The predicted molar refractivity (Wildman–Crippen MR) is 83.5 cm³/mol. The number of rotatable bonds is 5. The maximum atomic E-state index is 9.01. The first-order chi connectivity index (χ1) is 9.58.